The standard InChI is InChI=1S/C18H13FN4O2/c19-12-3-6-14-11(7-12)8-15-16(14)21-22-17(15)18(25)23-20-9-10-1-4-13(24)5-2-10/h1-7,9,24H,8H2,(H,21,22)(H,23,25)/b20-9+. The molecule has 4 rings (SSSR count). The monoisotopic (exact) mass is 336 g/mol. The van der Waals surface area contributed by atoms with Gasteiger partial charge in [-0.25, -0.2) is 9.82 Å². The van der Waals surface area contributed by atoms with E-state index in [0.717, 1.165) is 22.3 Å². The number of aromatic nitrogens is 2. The van der Waals surface area contributed by atoms with Gasteiger partial charge in [0, 0.05) is 17.5 Å². The number of hydrogen-bond donors (Lipinski definition) is 3. The van der Waals surface area contributed by atoms with Gasteiger partial charge in [-0.1, -0.05) is 0 Å². The number of nitrogens with one attached hydrogen (secondary N) is 2. The average Bonchev–Trinajstić information content (AvgIpc) is 3.15. The summed E-state index contributed by atoms with van der Waals surface area (Å²) in [6.45, 7) is 0. The highest BCUT2D eigenvalue weighted by molar-refractivity contribution is 5.97. The van der Waals surface area contributed by atoms with E-state index in [1.165, 1.54) is 30.5 Å². The van der Waals surface area contributed by atoms with Crippen LogP contribution < -0.4 is 5.43 Å². The van der Waals surface area contributed by atoms with Crippen LogP contribution in [0.4, 0.5) is 4.39 Å². The molecule has 7 heteroatoms. The molecule has 0 aliphatic heterocycles. The molecule has 0 unspecified atom stereocenters. The number of hydrogen-bond acceptors (Lipinski definition) is 4. The molecule has 124 valence electrons. The SMILES string of the molecule is O=C(N/N=C/c1ccc(O)cc1)c1[nH]nc2c1Cc1cc(F)ccc1-2. The van der Waals surface area contributed by atoms with Gasteiger partial charge in [-0.05, 0) is 53.6 Å². The molecule has 3 N–H and O–H groups in total. The second-order valence-electron chi connectivity index (χ2n) is 5.69. The molecule has 1 aliphatic carbocycles. The van der Waals surface area contributed by atoms with Crippen LogP contribution in [0.3, 0.4) is 0 Å². The lowest BCUT2D eigenvalue weighted by molar-refractivity contribution is 0.0949. The number of H-pyrrole nitrogens is 1. The van der Waals surface area contributed by atoms with Gasteiger partial charge in [-0.2, -0.15) is 10.2 Å². The normalized spacial score (nSPS) is 12.2. The highest BCUT2D eigenvalue weighted by Gasteiger charge is 2.27. The van der Waals surface area contributed by atoms with Crippen molar-refractivity contribution in [2.45, 2.75) is 6.42 Å². The van der Waals surface area contributed by atoms with Gasteiger partial charge in [0.1, 0.15) is 17.3 Å². The van der Waals surface area contributed by atoms with Crippen LogP contribution in [-0.4, -0.2) is 27.4 Å². The van der Waals surface area contributed by atoms with E-state index in [-0.39, 0.29) is 11.6 Å². The minimum Gasteiger partial charge on any atom is -0.508 e. The molecule has 1 heterocycles. The summed E-state index contributed by atoms with van der Waals surface area (Å²) in [5.41, 5.74) is 6.53. The van der Waals surface area contributed by atoms with Crippen molar-refractivity contribution in [2.24, 2.45) is 5.10 Å². The number of hydrazone groups is 1. The molecule has 6 nitrogen and oxygen atoms in total. The summed E-state index contributed by atoms with van der Waals surface area (Å²) < 4.78 is 13.4. The second-order valence-corrected chi connectivity index (χ2v) is 5.69. The molecule has 0 saturated heterocycles. The van der Waals surface area contributed by atoms with E-state index in [0.29, 0.717) is 17.8 Å². The van der Waals surface area contributed by atoms with Crippen molar-refractivity contribution in [3.05, 3.63) is 70.7 Å². The highest BCUT2D eigenvalue weighted by Crippen LogP contribution is 2.36. The smallest absolute Gasteiger partial charge is 0.289 e. The van der Waals surface area contributed by atoms with Gasteiger partial charge in [0.15, 0.2) is 0 Å². The van der Waals surface area contributed by atoms with E-state index in [9.17, 15) is 14.3 Å². The zero-order valence-electron chi connectivity index (χ0n) is 13.0. The number of aromatic amines is 1. The zero-order chi connectivity index (χ0) is 17.4. The predicted octanol–water partition coefficient (Wildman–Crippen LogP) is 2.59. The Morgan fingerprint density at radius 3 is 2.88 bits per heavy atom. The lowest BCUT2D eigenvalue weighted by Crippen LogP contribution is -2.19. The first-order valence-electron chi connectivity index (χ1n) is 7.60. The number of rotatable bonds is 3. The van der Waals surface area contributed by atoms with Gasteiger partial charge >= 0.3 is 0 Å². The van der Waals surface area contributed by atoms with Gasteiger partial charge in [0.05, 0.1) is 11.9 Å². The van der Waals surface area contributed by atoms with Crippen molar-refractivity contribution in [3.8, 4) is 17.0 Å². The molecule has 1 aliphatic rings. The summed E-state index contributed by atoms with van der Waals surface area (Å²) in [7, 11) is 0. The summed E-state index contributed by atoms with van der Waals surface area (Å²) in [5.74, 6) is -0.570. The summed E-state index contributed by atoms with van der Waals surface area (Å²) in [4.78, 5) is 12.3. The first-order valence-corrected chi connectivity index (χ1v) is 7.60. The molecule has 0 atom stereocenters. The van der Waals surface area contributed by atoms with Gasteiger partial charge in [-0.3, -0.25) is 9.89 Å². The van der Waals surface area contributed by atoms with Crippen LogP contribution in [0.2, 0.25) is 0 Å². The second kappa shape index (κ2) is 5.86. The third-order valence-electron chi connectivity index (χ3n) is 4.06. The van der Waals surface area contributed by atoms with Crippen LogP contribution >= 0.6 is 0 Å². The number of aromatic hydroxyl groups is 1. The minimum atomic E-state index is -0.419. The van der Waals surface area contributed by atoms with Crippen molar-refractivity contribution in [2.75, 3.05) is 0 Å². The number of benzene rings is 2. The van der Waals surface area contributed by atoms with E-state index in [1.807, 2.05) is 0 Å². The molecule has 0 spiro atoms. The van der Waals surface area contributed by atoms with E-state index < -0.39 is 5.91 Å². The molecular formula is C18H13FN4O2. The number of halogens is 1. The molecule has 0 bridgehead atoms. The Morgan fingerprint density at radius 2 is 2.08 bits per heavy atom. The Balaban J connectivity index is 1.51. The van der Waals surface area contributed by atoms with Crippen LogP contribution in [0.5, 0.6) is 5.75 Å². The number of nitrogens with zero attached hydrogens (tertiary/aromatic N) is 2. The van der Waals surface area contributed by atoms with Crippen LogP contribution in [-0.2, 0) is 6.42 Å². The van der Waals surface area contributed by atoms with Crippen molar-refractivity contribution in [1.29, 1.82) is 0 Å². The molecule has 0 saturated carbocycles. The maximum atomic E-state index is 13.4. The number of carbonyl (C=O) groups is 1. The maximum absolute atomic E-state index is 13.4. The molecule has 25 heavy (non-hydrogen) atoms. The summed E-state index contributed by atoms with van der Waals surface area (Å²) in [6, 6.07) is 10.9. The fourth-order valence-electron chi connectivity index (χ4n) is 2.86. The summed E-state index contributed by atoms with van der Waals surface area (Å²) in [6.07, 6.45) is 1.92. The Labute approximate surface area is 142 Å². The third-order valence-corrected chi connectivity index (χ3v) is 4.06. The molecular weight excluding hydrogens is 323 g/mol. The zero-order valence-corrected chi connectivity index (χ0v) is 13.0. The largest absolute Gasteiger partial charge is 0.508 e. The first kappa shape index (κ1) is 15.1. The average molecular weight is 336 g/mol. The molecule has 0 radical (unpaired) electrons. The molecule has 1 amide bonds. The number of carbonyl (C=O) groups excluding carboxylic acids is 1. The highest BCUT2D eigenvalue weighted by atomic mass is 19.1. The fraction of sp³-hybridized carbons (Fsp3) is 0.0556. The Morgan fingerprint density at radius 1 is 1.28 bits per heavy atom. The third kappa shape index (κ3) is 2.76. The summed E-state index contributed by atoms with van der Waals surface area (Å²) >= 11 is 0. The Bertz CT molecular complexity index is 993. The van der Waals surface area contributed by atoms with Gasteiger partial charge < -0.3 is 5.11 Å². The predicted molar refractivity (Wildman–Crippen MR) is 90.0 cm³/mol. The molecule has 3 aromatic rings. The molecule has 2 aromatic carbocycles. The van der Waals surface area contributed by atoms with E-state index in [4.69, 9.17) is 0 Å². The first-order chi connectivity index (χ1) is 12.1. The topological polar surface area (TPSA) is 90.4 Å². The van der Waals surface area contributed by atoms with Crippen LogP contribution in [0.1, 0.15) is 27.2 Å². The number of phenolic OH excluding ortho intramolecular Hbond substituents is 1. The lowest BCUT2D eigenvalue weighted by atomic mass is 10.1. The van der Waals surface area contributed by atoms with Crippen molar-refractivity contribution in [3.63, 3.8) is 0 Å². The van der Waals surface area contributed by atoms with Gasteiger partial charge in [0.2, 0.25) is 0 Å². The van der Waals surface area contributed by atoms with Crippen LogP contribution in [0.15, 0.2) is 47.6 Å². The summed E-state index contributed by atoms with van der Waals surface area (Å²) in [5, 5.41) is 20.0. The van der Waals surface area contributed by atoms with Crippen molar-refractivity contribution >= 4 is 12.1 Å². The van der Waals surface area contributed by atoms with Crippen LogP contribution in [0.25, 0.3) is 11.3 Å². The Hall–Kier alpha value is -3.48. The molecule has 0 fully saturated rings. The number of amides is 1. The van der Waals surface area contributed by atoms with Gasteiger partial charge in [0.25, 0.3) is 5.91 Å². The Kier molecular flexibility index (Phi) is 3.53. The molecule has 1 aromatic heterocycles. The fourth-order valence-corrected chi connectivity index (χ4v) is 2.86. The minimum absolute atomic E-state index is 0.158. The van der Waals surface area contributed by atoms with Gasteiger partial charge in [-0.15, -0.1) is 0 Å². The van der Waals surface area contributed by atoms with Crippen molar-refractivity contribution in [1.82, 2.24) is 15.6 Å². The quantitative estimate of drug-likeness (QED) is 0.397. The van der Waals surface area contributed by atoms with E-state index in [2.05, 4.69) is 20.7 Å². The van der Waals surface area contributed by atoms with Crippen LogP contribution in [0, 0.1) is 5.82 Å². The van der Waals surface area contributed by atoms with E-state index >= 15 is 0 Å². The lowest BCUT2D eigenvalue weighted by Gasteiger charge is -2.00. The number of phenols is 1. The maximum Gasteiger partial charge on any atom is 0.289 e. The number of fused-ring (bicyclic) bond motifs is 3. The van der Waals surface area contributed by atoms with Crippen molar-refractivity contribution < 1.29 is 14.3 Å². The van der Waals surface area contributed by atoms with E-state index in [1.54, 1.807) is 18.2 Å².